The van der Waals surface area contributed by atoms with Gasteiger partial charge in [-0.05, 0) is 30.0 Å². The molecule has 2 rings (SSSR count). The van der Waals surface area contributed by atoms with Gasteiger partial charge in [-0.25, -0.2) is 0 Å². The first-order valence-corrected chi connectivity index (χ1v) is 4.47. The molecule has 0 saturated heterocycles. The lowest BCUT2D eigenvalue weighted by Gasteiger charge is -2.01. The molecule has 0 amide bonds. The summed E-state index contributed by atoms with van der Waals surface area (Å²) in [6, 6.07) is 8.64. The number of aromatic nitrogens is 1. The van der Waals surface area contributed by atoms with Crippen LogP contribution in [0.5, 0.6) is 0 Å². The van der Waals surface area contributed by atoms with E-state index in [0.29, 0.717) is 0 Å². The molecule has 66 valence electrons. The number of hydrogen-bond donors (Lipinski definition) is 0. The third-order valence-corrected chi connectivity index (χ3v) is 2.26. The molecule has 2 aromatic rings. The second-order valence-corrected chi connectivity index (χ2v) is 3.32. The van der Waals surface area contributed by atoms with E-state index in [4.69, 9.17) is 0 Å². The molecule has 0 aliphatic rings. The lowest BCUT2D eigenvalue weighted by atomic mass is 10.2. The topological polar surface area (TPSA) is 4.93 Å². The lowest BCUT2D eigenvalue weighted by molar-refractivity contribution is 0.865. The zero-order valence-electron chi connectivity index (χ0n) is 7.83. The van der Waals surface area contributed by atoms with Gasteiger partial charge < -0.3 is 4.57 Å². The Balaban J connectivity index is 2.64. The van der Waals surface area contributed by atoms with E-state index >= 15 is 0 Å². The van der Waals surface area contributed by atoms with Crippen LogP contribution in [0.3, 0.4) is 0 Å². The molecule has 0 aliphatic carbocycles. The number of rotatable bonds is 2. The van der Waals surface area contributed by atoms with E-state index in [9.17, 15) is 0 Å². The molecule has 0 fully saturated rings. The number of aryl methyl sites for hydroxylation is 1. The van der Waals surface area contributed by atoms with Crippen LogP contribution in [-0.4, -0.2) is 4.57 Å². The van der Waals surface area contributed by atoms with Crippen molar-refractivity contribution < 1.29 is 0 Å². The average Bonchev–Trinajstić information content (AvgIpc) is 2.49. The highest BCUT2D eigenvalue weighted by Crippen LogP contribution is 2.17. The van der Waals surface area contributed by atoms with Crippen LogP contribution in [0.2, 0.25) is 0 Å². The van der Waals surface area contributed by atoms with Crippen LogP contribution in [0, 0.1) is 6.92 Å². The SMILES string of the molecule is C=CCn1ccc2ccc(C)cc21. The fraction of sp³-hybridized carbons (Fsp3) is 0.167. The molecule has 1 nitrogen and oxygen atoms in total. The third-order valence-electron chi connectivity index (χ3n) is 2.26. The van der Waals surface area contributed by atoms with Crippen molar-refractivity contribution in [3.05, 3.63) is 48.7 Å². The maximum Gasteiger partial charge on any atom is 0.0485 e. The van der Waals surface area contributed by atoms with Crippen LogP contribution >= 0.6 is 0 Å². The summed E-state index contributed by atoms with van der Waals surface area (Å²) in [5, 5.41) is 1.30. The maximum atomic E-state index is 3.74. The zero-order chi connectivity index (χ0) is 9.26. The van der Waals surface area contributed by atoms with Gasteiger partial charge in [0, 0.05) is 18.3 Å². The van der Waals surface area contributed by atoms with Gasteiger partial charge in [-0.1, -0.05) is 18.2 Å². The first-order chi connectivity index (χ1) is 6.31. The summed E-state index contributed by atoms with van der Waals surface area (Å²) >= 11 is 0. The van der Waals surface area contributed by atoms with Crippen LogP contribution < -0.4 is 0 Å². The maximum absolute atomic E-state index is 3.74. The number of hydrogen-bond acceptors (Lipinski definition) is 0. The van der Waals surface area contributed by atoms with E-state index in [1.807, 2.05) is 6.08 Å². The van der Waals surface area contributed by atoms with Gasteiger partial charge >= 0.3 is 0 Å². The number of allylic oxidation sites excluding steroid dienone is 1. The van der Waals surface area contributed by atoms with Gasteiger partial charge in [0.05, 0.1) is 0 Å². The molecular weight excluding hydrogens is 158 g/mol. The monoisotopic (exact) mass is 171 g/mol. The molecule has 0 bridgehead atoms. The van der Waals surface area contributed by atoms with Crippen LogP contribution in [0.1, 0.15) is 5.56 Å². The van der Waals surface area contributed by atoms with E-state index in [1.165, 1.54) is 16.5 Å². The summed E-state index contributed by atoms with van der Waals surface area (Å²) in [7, 11) is 0. The Labute approximate surface area is 78.3 Å². The minimum Gasteiger partial charge on any atom is -0.344 e. The summed E-state index contributed by atoms with van der Waals surface area (Å²) in [6.45, 7) is 6.74. The van der Waals surface area contributed by atoms with Crippen molar-refractivity contribution in [3.8, 4) is 0 Å². The van der Waals surface area contributed by atoms with Crippen LogP contribution in [0.15, 0.2) is 43.1 Å². The Morgan fingerprint density at radius 1 is 1.38 bits per heavy atom. The molecule has 13 heavy (non-hydrogen) atoms. The molecule has 0 aliphatic heterocycles. The van der Waals surface area contributed by atoms with Crippen molar-refractivity contribution >= 4 is 10.9 Å². The summed E-state index contributed by atoms with van der Waals surface area (Å²) in [5.74, 6) is 0. The van der Waals surface area contributed by atoms with E-state index in [-0.39, 0.29) is 0 Å². The Morgan fingerprint density at radius 3 is 3.00 bits per heavy atom. The molecule has 0 unspecified atom stereocenters. The zero-order valence-corrected chi connectivity index (χ0v) is 7.83. The summed E-state index contributed by atoms with van der Waals surface area (Å²) in [5.41, 5.74) is 2.59. The summed E-state index contributed by atoms with van der Waals surface area (Å²) in [4.78, 5) is 0. The van der Waals surface area contributed by atoms with Crippen molar-refractivity contribution in [2.75, 3.05) is 0 Å². The molecule has 1 aromatic carbocycles. The van der Waals surface area contributed by atoms with Gasteiger partial charge in [0.2, 0.25) is 0 Å². The van der Waals surface area contributed by atoms with Crippen LogP contribution in [0.4, 0.5) is 0 Å². The second kappa shape index (κ2) is 3.09. The van der Waals surface area contributed by atoms with E-state index in [0.717, 1.165) is 6.54 Å². The van der Waals surface area contributed by atoms with Crippen molar-refractivity contribution in [3.63, 3.8) is 0 Å². The standard InChI is InChI=1S/C12H13N/c1-3-7-13-8-6-11-5-4-10(2)9-12(11)13/h3-6,8-9H,1,7H2,2H3. The highest BCUT2D eigenvalue weighted by atomic mass is 14.9. The van der Waals surface area contributed by atoms with Gasteiger partial charge in [-0.2, -0.15) is 0 Å². The summed E-state index contributed by atoms with van der Waals surface area (Å²) < 4.78 is 2.20. The van der Waals surface area contributed by atoms with Crippen molar-refractivity contribution in [2.45, 2.75) is 13.5 Å². The minimum atomic E-state index is 0.882. The normalized spacial score (nSPS) is 10.5. The molecular formula is C12H13N. The lowest BCUT2D eigenvalue weighted by Crippen LogP contribution is -1.91. The number of fused-ring (bicyclic) bond motifs is 1. The number of benzene rings is 1. The highest BCUT2D eigenvalue weighted by molar-refractivity contribution is 5.80. The Hall–Kier alpha value is -1.50. The van der Waals surface area contributed by atoms with E-state index in [1.54, 1.807) is 0 Å². The van der Waals surface area contributed by atoms with Crippen LogP contribution in [-0.2, 0) is 6.54 Å². The largest absolute Gasteiger partial charge is 0.344 e. The molecule has 1 heteroatoms. The predicted octanol–water partition coefficient (Wildman–Crippen LogP) is 3.14. The molecule has 0 spiro atoms. The molecule has 0 atom stereocenters. The predicted molar refractivity (Wildman–Crippen MR) is 56.9 cm³/mol. The molecule has 1 aromatic heterocycles. The van der Waals surface area contributed by atoms with Gasteiger partial charge in [0.15, 0.2) is 0 Å². The first-order valence-electron chi connectivity index (χ1n) is 4.47. The number of nitrogens with zero attached hydrogens (tertiary/aromatic N) is 1. The Morgan fingerprint density at radius 2 is 2.23 bits per heavy atom. The average molecular weight is 171 g/mol. The van der Waals surface area contributed by atoms with Crippen molar-refractivity contribution in [1.82, 2.24) is 4.57 Å². The van der Waals surface area contributed by atoms with E-state index in [2.05, 4.69) is 48.5 Å². The molecule has 0 radical (unpaired) electrons. The second-order valence-electron chi connectivity index (χ2n) is 3.32. The molecule has 1 heterocycles. The van der Waals surface area contributed by atoms with Crippen molar-refractivity contribution in [2.24, 2.45) is 0 Å². The van der Waals surface area contributed by atoms with Crippen molar-refractivity contribution in [1.29, 1.82) is 0 Å². The fourth-order valence-electron chi connectivity index (χ4n) is 1.59. The molecule has 0 N–H and O–H groups in total. The Kier molecular flexibility index (Phi) is 1.93. The highest BCUT2D eigenvalue weighted by Gasteiger charge is 1.98. The van der Waals surface area contributed by atoms with Gasteiger partial charge in [-0.3, -0.25) is 0 Å². The minimum absolute atomic E-state index is 0.882. The quantitative estimate of drug-likeness (QED) is 0.612. The van der Waals surface area contributed by atoms with Crippen LogP contribution in [0.25, 0.3) is 10.9 Å². The smallest absolute Gasteiger partial charge is 0.0485 e. The van der Waals surface area contributed by atoms with Gasteiger partial charge in [0.1, 0.15) is 0 Å². The van der Waals surface area contributed by atoms with Gasteiger partial charge in [-0.15, -0.1) is 6.58 Å². The fourth-order valence-corrected chi connectivity index (χ4v) is 1.59. The third kappa shape index (κ3) is 1.37. The van der Waals surface area contributed by atoms with Gasteiger partial charge in [0.25, 0.3) is 0 Å². The summed E-state index contributed by atoms with van der Waals surface area (Å²) in [6.07, 6.45) is 4.02. The first kappa shape index (κ1) is 8.11. The Bertz CT molecular complexity index is 437. The van der Waals surface area contributed by atoms with E-state index < -0.39 is 0 Å². The molecule has 0 saturated carbocycles.